The van der Waals surface area contributed by atoms with Crippen LogP contribution in [0.5, 0.6) is 5.75 Å². The van der Waals surface area contributed by atoms with Crippen molar-refractivity contribution in [2.75, 3.05) is 7.11 Å². The number of amides is 1. The van der Waals surface area contributed by atoms with E-state index in [1.807, 2.05) is 0 Å². The Bertz CT molecular complexity index is 528. The first-order valence-corrected chi connectivity index (χ1v) is 5.98. The van der Waals surface area contributed by atoms with Gasteiger partial charge in [-0.2, -0.15) is 0 Å². The molecule has 0 radical (unpaired) electrons. The van der Waals surface area contributed by atoms with Crippen LogP contribution in [0.2, 0.25) is 0 Å². The Balaban J connectivity index is 2.86. The van der Waals surface area contributed by atoms with E-state index in [0.717, 1.165) is 6.07 Å². The molecule has 5 nitrogen and oxygen atoms in total. The molecule has 0 saturated carbocycles. The number of carboxylic acids is 1. The molecule has 1 unspecified atom stereocenters. The minimum atomic E-state index is -1.13. The van der Waals surface area contributed by atoms with Crippen molar-refractivity contribution >= 4 is 11.9 Å². The van der Waals surface area contributed by atoms with Crippen molar-refractivity contribution in [2.45, 2.75) is 19.4 Å². The maximum atomic E-state index is 13.2. The molecule has 108 valence electrons. The van der Waals surface area contributed by atoms with Crippen molar-refractivity contribution < 1.29 is 23.8 Å². The second kappa shape index (κ2) is 7.28. The molecule has 0 heterocycles. The van der Waals surface area contributed by atoms with E-state index in [4.69, 9.17) is 9.84 Å². The highest BCUT2D eigenvalue weighted by atomic mass is 19.1. The number of methoxy groups -OCH3 is 1. The van der Waals surface area contributed by atoms with Crippen LogP contribution in [-0.4, -0.2) is 30.1 Å². The molecule has 1 aromatic rings. The Kier molecular flexibility index (Phi) is 5.71. The minimum Gasteiger partial charge on any atom is -0.494 e. The molecule has 0 saturated heterocycles. The van der Waals surface area contributed by atoms with Gasteiger partial charge in [-0.15, -0.1) is 0 Å². The SMILES string of the molecule is C/C=C/CC(NC(=O)c1ccc(F)c(OC)c1)C(=O)O. The number of carbonyl (C=O) groups excluding carboxylic acids is 1. The van der Waals surface area contributed by atoms with Gasteiger partial charge in [0.1, 0.15) is 6.04 Å². The van der Waals surface area contributed by atoms with Crippen molar-refractivity contribution in [1.82, 2.24) is 5.32 Å². The largest absolute Gasteiger partial charge is 0.494 e. The average Bonchev–Trinajstić information content (AvgIpc) is 2.43. The number of rotatable bonds is 6. The van der Waals surface area contributed by atoms with Crippen LogP contribution in [0.25, 0.3) is 0 Å². The summed E-state index contributed by atoms with van der Waals surface area (Å²) in [5, 5.41) is 11.4. The van der Waals surface area contributed by atoms with Gasteiger partial charge >= 0.3 is 5.97 Å². The maximum absolute atomic E-state index is 13.2. The number of nitrogens with one attached hydrogen (secondary N) is 1. The molecule has 0 aromatic heterocycles. The van der Waals surface area contributed by atoms with Crippen molar-refractivity contribution in [2.24, 2.45) is 0 Å². The van der Waals surface area contributed by atoms with Gasteiger partial charge in [0.15, 0.2) is 11.6 Å². The topological polar surface area (TPSA) is 75.6 Å². The monoisotopic (exact) mass is 281 g/mol. The third-order valence-corrected chi connectivity index (χ3v) is 2.62. The average molecular weight is 281 g/mol. The van der Waals surface area contributed by atoms with Crippen molar-refractivity contribution in [3.63, 3.8) is 0 Å². The molecule has 6 heteroatoms. The number of hydrogen-bond acceptors (Lipinski definition) is 3. The van der Waals surface area contributed by atoms with Gasteiger partial charge in [0, 0.05) is 5.56 Å². The molecule has 0 aliphatic rings. The first-order valence-electron chi connectivity index (χ1n) is 5.98. The Morgan fingerprint density at radius 1 is 1.50 bits per heavy atom. The van der Waals surface area contributed by atoms with E-state index in [1.165, 1.54) is 19.2 Å². The lowest BCUT2D eigenvalue weighted by molar-refractivity contribution is -0.139. The quantitative estimate of drug-likeness (QED) is 0.782. The summed E-state index contributed by atoms with van der Waals surface area (Å²) in [4.78, 5) is 22.9. The lowest BCUT2D eigenvalue weighted by Gasteiger charge is -2.13. The molecule has 2 N–H and O–H groups in total. The Morgan fingerprint density at radius 3 is 2.75 bits per heavy atom. The summed E-state index contributed by atoms with van der Waals surface area (Å²) in [6.07, 6.45) is 3.52. The summed E-state index contributed by atoms with van der Waals surface area (Å²) in [7, 11) is 1.28. The van der Waals surface area contributed by atoms with E-state index in [2.05, 4.69) is 5.32 Å². The van der Waals surface area contributed by atoms with Crippen molar-refractivity contribution in [3.05, 3.63) is 41.7 Å². The minimum absolute atomic E-state index is 0.0713. The molecule has 0 fully saturated rings. The van der Waals surface area contributed by atoms with Crippen LogP contribution in [0.15, 0.2) is 30.4 Å². The molecule has 1 aromatic carbocycles. The number of aliphatic carboxylic acids is 1. The third kappa shape index (κ3) is 4.08. The van der Waals surface area contributed by atoms with E-state index in [0.29, 0.717) is 0 Å². The van der Waals surface area contributed by atoms with Crippen molar-refractivity contribution in [3.8, 4) is 5.75 Å². The summed E-state index contributed by atoms with van der Waals surface area (Å²) in [6, 6.07) is 2.55. The molecular weight excluding hydrogens is 265 g/mol. The fourth-order valence-corrected chi connectivity index (χ4v) is 1.54. The Labute approximate surface area is 116 Å². The van der Waals surface area contributed by atoms with Crippen LogP contribution >= 0.6 is 0 Å². The number of carboxylic acid groups (broad SMARTS) is 1. The fourth-order valence-electron chi connectivity index (χ4n) is 1.54. The zero-order valence-electron chi connectivity index (χ0n) is 11.2. The summed E-state index contributed by atoms with van der Waals surface area (Å²) in [5.41, 5.74) is 0.134. The maximum Gasteiger partial charge on any atom is 0.326 e. The van der Waals surface area contributed by atoms with E-state index in [1.54, 1.807) is 19.1 Å². The highest BCUT2D eigenvalue weighted by Gasteiger charge is 2.20. The third-order valence-electron chi connectivity index (χ3n) is 2.62. The zero-order chi connectivity index (χ0) is 15.1. The van der Waals surface area contributed by atoms with E-state index >= 15 is 0 Å². The van der Waals surface area contributed by atoms with E-state index in [9.17, 15) is 14.0 Å². The van der Waals surface area contributed by atoms with Gasteiger partial charge in [-0.3, -0.25) is 4.79 Å². The van der Waals surface area contributed by atoms with Gasteiger partial charge in [-0.05, 0) is 31.5 Å². The lowest BCUT2D eigenvalue weighted by Crippen LogP contribution is -2.40. The number of allylic oxidation sites excluding steroid dienone is 1. The molecule has 0 bridgehead atoms. The number of benzene rings is 1. The van der Waals surface area contributed by atoms with Crippen LogP contribution in [0.3, 0.4) is 0 Å². The lowest BCUT2D eigenvalue weighted by atomic mass is 10.1. The predicted molar refractivity (Wildman–Crippen MR) is 71.3 cm³/mol. The van der Waals surface area contributed by atoms with Crippen LogP contribution in [0.1, 0.15) is 23.7 Å². The molecule has 20 heavy (non-hydrogen) atoms. The number of carbonyl (C=O) groups is 2. The molecule has 1 amide bonds. The van der Waals surface area contributed by atoms with Crippen molar-refractivity contribution in [1.29, 1.82) is 0 Å². The number of halogens is 1. The zero-order valence-corrected chi connectivity index (χ0v) is 11.2. The Morgan fingerprint density at radius 2 is 2.20 bits per heavy atom. The first-order chi connectivity index (χ1) is 9.49. The number of ether oxygens (including phenoxy) is 1. The normalized spacial score (nSPS) is 12.2. The Hall–Kier alpha value is -2.37. The van der Waals surface area contributed by atoms with Gasteiger partial charge in [-0.1, -0.05) is 12.2 Å². The molecule has 1 atom stereocenters. The van der Waals surface area contributed by atoms with Crippen LogP contribution < -0.4 is 10.1 Å². The fraction of sp³-hybridized carbons (Fsp3) is 0.286. The van der Waals surface area contributed by atoms with Crippen LogP contribution in [0.4, 0.5) is 4.39 Å². The standard InChI is InChI=1S/C14H16FNO4/c1-3-4-5-11(14(18)19)16-13(17)9-6-7-10(15)12(8-9)20-2/h3-4,6-8,11H,5H2,1-2H3,(H,16,17)(H,18,19)/b4-3+. The summed E-state index contributed by atoms with van der Waals surface area (Å²) < 4.78 is 18.0. The van der Waals surface area contributed by atoms with Gasteiger partial charge in [0.25, 0.3) is 5.91 Å². The summed E-state index contributed by atoms with van der Waals surface area (Å²) in [6.45, 7) is 1.76. The predicted octanol–water partition coefficient (Wildman–Crippen LogP) is 1.98. The van der Waals surface area contributed by atoms with Gasteiger partial charge < -0.3 is 15.2 Å². The molecule has 0 aliphatic heterocycles. The van der Waals surface area contributed by atoms with E-state index in [-0.39, 0.29) is 17.7 Å². The van der Waals surface area contributed by atoms with Gasteiger partial charge in [-0.25, -0.2) is 9.18 Å². The van der Waals surface area contributed by atoms with Crippen LogP contribution in [-0.2, 0) is 4.79 Å². The molecular formula is C14H16FNO4. The molecule has 0 aliphatic carbocycles. The highest BCUT2D eigenvalue weighted by Crippen LogP contribution is 2.18. The van der Waals surface area contributed by atoms with Crippen LogP contribution in [0, 0.1) is 5.82 Å². The second-order valence-electron chi connectivity index (χ2n) is 4.02. The molecule has 1 rings (SSSR count). The second-order valence-corrected chi connectivity index (χ2v) is 4.02. The molecule has 0 spiro atoms. The van der Waals surface area contributed by atoms with E-state index < -0.39 is 23.7 Å². The summed E-state index contributed by atoms with van der Waals surface area (Å²) in [5.74, 6) is -2.39. The van der Waals surface area contributed by atoms with Gasteiger partial charge in [0.05, 0.1) is 7.11 Å². The van der Waals surface area contributed by atoms with Gasteiger partial charge in [0.2, 0.25) is 0 Å². The smallest absolute Gasteiger partial charge is 0.326 e. The summed E-state index contributed by atoms with van der Waals surface area (Å²) >= 11 is 0. The highest BCUT2D eigenvalue weighted by molar-refractivity contribution is 5.96. The number of hydrogen-bond donors (Lipinski definition) is 2. The first kappa shape index (κ1) is 15.7.